The van der Waals surface area contributed by atoms with Gasteiger partial charge < -0.3 is 5.73 Å². The van der Waals surface area contributed by atoms with Gasteiger partial charge in [0.1, 0.15) is 10.5 Å². The largest absolute Gasteiger partial charge is 0.384 e. The molecule has 1 aromatic heterocycles. The molecule has 4 rings (SSSR count). The molecule has 3 aromatic rings. The summed E-state index contributed by atoms with van der Waals surface area (Å²) in [6.07, 6.45) is 1.76. The molecule has 0 saturated heterocycles. The average Bonchev–Trinajstić information content (AvgIpc) is 3.06. The highest BCUT2D eigenvalue weighted by Crippen LogP contribution is 2.35. The van der Waals surface area contributed by atoms with Gasteiger partial charge in [-0.2, -0.15) is 10.5 Å². The van der Waals surface area contributed by atoms with Gasteiger partial charge in [0, 0.05) is 8.95 Å². The van der Waals surface area contributed by atoms with Gasteiger partial charge in [-0.25, -0.2) is 0 Å². The number of hydrogen-bond donors (Lipinski definition) is 1. The first-order valence-electron chi connectivity index (χ1n) is 8.73. The second-order valence-electron chi connectivity index (χ2n) is 6.53. The Morgan fingerprint density at radius 1 is 0.967 bits per heavy atom. The van der Waals surface area contributed by atoms with Crippen molar-refractivity contribution in [3.8, 4) is 12.1 Å². The van der Waals surface area contributed by atoms with Crippen LogP contribution >= 0.6 is 43.2 Å². The SMILES string of the molecule is N#CC1=C(N)n2c(sc(=Cc3ccc(Br)cc3)c2=O)=C(C#N)C1c1ccc(Br)cc1. The number of nitriles is 2. The number of thiazole rings is 1. The molecule has 0 saturated carbocycles. The molecule has 1 aliphatic rings. The molecule has 8 heteroatoms. The lowest BCUT2D eigenvalue weighted by molar-refractivity contribution is 0.906. The van der Waals surface area contributed by atoms with Crippen LogP contribution in [-0.4, -0.2) is 4.57 Å². The quantitative estimate of drug-likeness (QED) is 0.540. The van der Waals surface area contributed by atoms with Gasteiger partial charge in [-0.05, 0) is 41.5 Å². The van der Waals surface area contributed by atoms with Crippen LogP contribution in [0.1, 0.15) is 17.0 Å². The van der Waals surface area contributed by atoms with Gasteiger partial charge in [0.15, 0.2) is 0 Å². The maximum absolute atomic E-state index is 13.1. The minimum absolute atomic E-state index is 0.0659. The topological polar surface area (TPSA) is 95.6 Å². The first-order chi connectivity index (χ1) is 14.4. The van der Waals surface area contributed by atoms with Crippen LogP contribution in [0.25, 0.3) is 17.5 Å². The molecular formula is C22H12Br2N4OS. The van der Waals surface area contributed by atoms with Crippen molar-refractivity contribution in [3.63, 3.8) is 0 Å². The Hall–Kier alpha value is -2.91. The van der Waals surface area contributed by atoms with Crippen molar-refractivity contribution in [2.24, 2.45) is 5.73 Å². The molecule has 146 valence electrons. The maximum Gasteiger partial charge on any atom is 0.274 e. The maximum atomic E-state index is 13.1. The number of aromatic nitrogens is 1. The standard InChI is InChI=1S/C22H12Br2N4OS/c23-14-5-1-12(2-6-14)9-18-21(29)28-20(27)16(10-25)19(17(11-26)22(28)30-18)13-3-7-15(24)8-4-13/h1-9,19H,27H2. The van der Waals surface area contributed by atoms with Gasteiger partial charge in [0.05, 0.1) is 33.7 Å². The van der Waals surface area contributed by atoms with E-state index < -0.39 is 5.92 Å². The number of halogens is 2. The Kier molecular flexibility index (Phi) is 5.48. The van der Waals surface area contributed by atoms with Gasteiger partial charge in [0.25, 0.3) is 5.56 Å². The molecule has 2 heterocycles. The number of nitrogens with two attached hydrogens (primary N) is 1. The smallest absolute Gasteiger partial charge is 0.274 e. The Morgan fingerprint density at radius 2 is 1.53 bits per heavy atom. The van der Waals surface area contributed by atoms with Gasteiger partial charge in [-0.1, -0.05) is 56.1 Å². The van der Waals surface area contributed by atoms with E-state index in [-0.39, 0.29) is 17.0 Å². The summed E-state index contributed by atoms with van der Waals surface area (Å²) in [5.74, 6) is -0.553. The predicted octanol–water partition coefficient (Wildman–Crippen LogP) is 3.39. The molecule has 1 atom stereocenters. The molecule has 0 fully saturated rings. The first kappa shape index (κ1) is 20.4. The molecule has 0 spiro atoms. The van der Waals surface area contributed by atoms with Crippen molar-refractivity contribution in [1.29, 1.82) is 10.5 Å². The van der Waals surface area contributed by atoms with Crippen molar-refractivity contribution in [1.82, 2.24) is 4.57 Å². The Labute approximate surface area is 192 Å². The molecule has 0 amide bonds. The molecule has 1 aliphatic heterocycles. The van der Waals surface area contributed by atoms with Gasteiger partial charge in [-0.15, -0.1) is 11.3 Å². The molecule has 5 nitrogen and oxygen atoms in total. The Balaban J connectivity index is 2.04. The average molecular weight is 540 g/mol. The van der Waals surface area contributed by atoms with E-state index in [1.54, 1.807) is 6.08 Å². The van der Waals surface area contributed by atoms with E-state index in [4.69, 9.17) is 5.73 Å². The minimum atomic E-state index is -0.619. The molecule has 2 aromatic carbocycles. The number of fused-ring (bicyclic) bond motifs is 1. The molecule has 1 unspecified atom stereocenters. The van der Waals surface area contributed by atoms with Crippen LogP contribution in [0, 0.1) is 22.7 Å². The zero-order valence-electron chi connectivity index (χ0n) is 15.3. The van der Waals surface area contributed by atoms with E-state index in [0.717, 1.165) is 20.1 Å². The molecule has 0 bridgehead atoms. The molecule has 2 N–H and O–H groups in total. The van der Waals surface area contributed by atoms with E-state index >= 15 is 0 Å². The Morgan fingerprint density at radius 3 is 2.10 bits per heavy atom. The molecule has 0 aliphatic carbocycles. The summed E-state index contributed by atoms with van der Waals surface area (Å²) in [6.45, 7) is 0. The highest BCUT2D eigenvalue weighted by Gasteiger charge is 2.32. The van der Waals surface area contributed by atoms with E-state index in [2.05, 4.69) is 44.0 Å². The second kappa shape index (κ2) is 8.08. The van der Waals surface area contributed by atoms with E-state index in [9.17, 15) is 15.3 Å². The number of allylic oxidation sites excluding steroid dienone is 1. The van der Waals surface area contributed by atoms with Crippen molar-refractivity contribution in [2.45, 2.75) is 5.92 Å². The third-order valence-corrected chi connectivity index (χ3v) is 6.93. The lowest BCUT2D eigenvalue weighted by atomic mass is 9.84. The van der Waals surface area contributed by atoms with Gasteiger partial charge in [0.2, 0.25) is 0 Å². The normalized spacial score (nSPS) is 16.2. The lowest BCUT2D eigenvalue weighted by Gasteiger charge is -2.22. The fourth-order valence-electron chi connectivity index (χ4n) is 3.35. The molecule has 30 heavy (non-hydrogen) atoms. The van der Waals surface area contributed by atoms with E-state index in [0.29, 0.717) is 14.8 Å². The van der Waals surface area contributed by atoms with Gasteiger partial charge in [-0.3, -0.25) is 9.36 Å². The highest BCUT2D eigenvalue weighted by molar-refractivity contribution is 9.10. The third kappa shape index (κ3) is 3.44. The van der Waals surface area contributed by atoms with Crippen molar-refractivity contribution >= 4 is 60.7 Å². The second-order valence-corrected chi connectivity index (χ2v) is 9.39. The van der Waals surface area contributed by atoms with Crippen LogP contribution in [-0.2, 0) is 0 Å². The summed E-state index contributed by atoms with van der Waals surface area (Å²) in [4.78, 5) is 13.1. The molecule has 0 radical (unpaired) electrons. The van der Waals surface area contributed by atoms with Gasteiger partial charge >= 0.3 is 0 Å². The van der Waals surface area contributed by atoms with E-state index in [1.165, 1.54) is 15.9 Å². The summed E-state index contributed by atoms with van der Waals surface area (Å²) in [6, 6.07) is 19.2. The van der Waals surface area contributed by atoms with Crippen LogP contribution in [0.5, 0.6) is 0 Å². The first-order valence-corrected chi connectivity index (χ1v) is 11.1. The number of hydrogen-bond acceptors (Lipinski definition) is 5. The monoisotopic (exact) mass is 538 g/mol. The summed E-state index contributed by atoms with van der Waals surface area (Å²) >= 11 is 7.99. The van der Waals surface area contributed by atoms with Crippen molar-refractivity contribution in [3.05, 3.63) is 93.7 Å². The highest BCUT2D eigenvalue weighted by atomic mass is 79.9. The Bertz CT molecular complexity index is 1450. The van der Waals surface area contributed by atoms with Crippen molar-refractivity contribution in [2.75, 3.05) is 0 Å². The summed E-state index contributed by atoms with van der Waals surface area (Å²) < 4.78 is 3.99. The fraction of sp³-hybridized carbons (Fsp3) is 0.0455. The number of nitrogens with zero attached hydrogens (tertiary/aromatic N) is 3. The van der Waals surface area contributed by atoms with Crippen molar-refractivity contribution < 1.29 is 0 Å². The van der Waals surface area contributed by atoms with Crippen LogP contribution in [0.2, 0.25) is 0 Å². The summed E-state index contributed by atoms with van der Waals surface area (Å²) in [5, 5.41) is 19.8. The van der Waals surface area contributed by atoms with E-state index in [1.807, 2.05) is 48.5 Å². The number of rotatable bonds is 2. The summed E-state index contributed by atoms with van der Waals surface area (Å²) in [5.41, 5.74) is 8.07. The lowest BCUT2D eigenvalue weighted by Crippen LogP contribution is -2.38. The minimum Gasteiger partial charge on any atom is -0.384 e. The zero-order chi connectivity index (χ0) is 21.4. The van der Waals surface area contributed by atoms with Crippen LogP contribution in [0.4, 0.5) is 0 Å². The fourth-order valence-corrected chi connectivity index (χ4v) is 5.01. The number of benzene rings is 2. The summed E-state index contributed by atoms with van der Waals surface area (Å²) in [7, 11) is 0. The van der Waals surface area contributed by atoms with Crippen LogP contribution < -0.4 is 20.5 Å². The third-order valence-electron chi connectivity index (χ3n) is 4.76. The van der Waals surface area contributed by atoms with Crippen LogP contribution in [0.3, 0.4) is 0 Å². The predicted molar refractivity (Wildman–Crippen MR) is 124 cm³/mol. The zero-order valence-corrected chi connectivity index (χ0v) is 19.3. The van der Waals surface area contributed by atoms with Crippen LogP contribution in [0.15, 0.2) is 67.8 Å². The molecular weight excluding hydrogens is 528 g/mol.